The molecule has 0 saturated carbocycles. The highest BCUT2D eigenvalue weighted by Crippen LogP contribution is 2.18. The number of amides is 3. The van der Waals surface area contributed by atoms with E-state index in [1.54, 1.807) is 24.3 Å². The van der Waals surface area contributed by atoms with Gasteiger partial charge in [0.05, 0.1) is 29.7 Å². The standard InChI is InChI=1S/C22H25N5O4/c1-3-19-24-16-10-6-7-11-17(16)27(19)14-21(29)26-25-20(28)13-23-22(30)15-9-5-8-12-18(15)31-4-2/h5-12H,3-4,13-14H2,1-2H3,(H,23,30)(H,25,28)(H,26,29). The Bertz CT molecular complexity index is 1090. The maximum absolute atomic E-state index is 12.3. The van der Waals surface area contributed by atoms with E-state index in [9.17, 15) is 14.4 Å². The molecule has 9 heteroatoms. The van der Waals surface area contributed by atoms with E-state index in [4.69, 9.17) is 4.74 Å². The van der Waals surface area contributed by atoms with Crippen molar-refractivity contribution in [1.82, 2.24) is 25.7 Å². The van der Waals surface area contributed by atoms with Crippen molar-refractivity contribution >= 4 is 28.8 Å². The summed E-state index contributed by atoms with van der Waals surface area (Å²) in [5.41, 5.74) is 6.67. The van der Waals surface area contributed by atoms with E-state index in [-0.39, 0.29) is 13.1 Å². The van der Waals surface area contributed by atoms with Crippen LogP contribution in [0.2, 0.25) is 0 Å². The number of hydrogen-bond acceptors (Lipinski definition) is 5. The van der Waals surface area contributed by atoms with Gasteiger partial charge in [0.15, 0.2) is 0 Å². The molecule has 0 spiro atoms. The van der Waals surface area contributed by atoms with Gasteiger partial charge in [-0.05, 0) is 31.2 Å². The molecule has 3 rings (SSSR count). The van der Waals surface area contributed by atoms with Crippen LogP contribution in [0.1, 0.15) is 30.0 Å². The molecule has 3 aromatic rings. The van der Waals surface area contributed by atoms with E-state index in [1.807, 2.05) is 42.7 Å². The molecule has 0 saturated heterocycles. The predicted octanol–water partition coefficient (Wildman–Crippen LogP) is 1.57. The maximum Gasteiger partial charge on any atom is 0.258 e. The summed E-state index contributed by atoms with van der Waals surface area (Å²) in [6, 6.07) is 14.3. The summed E-state index contributed by atoms with van der Waals surface area (Å²) in [7, 11) is 0. The van der Waals surface area contributed by atoms with Gasteiger partial charge in [0.1, 0.15) is 18.1 Å². The van der Waals surface area contributed by atoms with Gasteiger partial charge in [-0.15, -0.1) is 0 Å². The van der Waals surface area contributed by atoms with Gasteiger partial charge in [-0.2, -0.15) is 0 Å². The molecule has 3 amide bonds. The SMILES string of the molecule is CCOc1ccccc1C(=O)NCC(=O)NNC(=O)Cn1c(CC)nc2ccccc21. The Morgan fingerprint density at radius 3 is 2.45 bits per heavy atom. The van der Waals surface area contributed by atoms with Crippen LogP contribution in [0, 0.1) is 0 Å². The highest BCUT2D eigenvalue weighted by atomic mass is 16.5. The number of rotatable bonds is 8. The number of hydrazine groups is 1. The molecule has 0 bridgehead atoms. The number of aromatic nitrogens is 2. The van der Waals surface area contributed by atoms with Crippen LogP contribution in [0.4, 0.5) is 0 Å². The molecule has 0 radical (unpaired) electrons. The minimum atomic E-state index is -0.554. The van der Waals surface area contributed by atoms with Crippen LogP contribution in [0.25, 0.3) is 11.0 Å². The van der Waals surface area contributed by atoms with Gasteiger partial charge in [-0.1, -0.05) is 31.2 Å². The third-order valence-electron chi connectivity index (χ3n) is 4.53. The number of carbonyl (C=O) groups excluding carboxylic acids is 3. The lowest BCUT2D eigenvalue weighted by molar-refractivity contribution is -0.128. The molecular formula is C22H25N5O4. The van der Waals surface area contributed by atoms with Crippen LogP contribution in [-0.4, -0.2) is 40.4 Å². The normalized spacial score (nSPS) is 10.5. The quantitative estimate of drug-likeness (QED) is 0.476. The molecule has 9 nitrogen and oxygen atoms in total. The number of fused-ring (bicyclic) bond motifs is 1. The summed E-state index contributed by atoms with van der Waals surface area (Å²) in [5, 5.41) is 2.51. The Kier molecular flexibility index (Phi) is 7.21. The summed E-state index contributed by atoms with van der Waals surface area (Å²) in [5.74, 6) is -0.178. The topological polar surface area (TPSA) is 114 Å². The Morgan fingerprint density at radius 2 is 1.68 bits per heavy atom. The number of hydrogen-bond donors (Lipinski definition) is 3. The van der Waals surface area contributed by atoms with Gasteiger partial charge in [0.25, 0.3) is 17.7 Å². The Hall–Kier alpha value is -3.88. The fourth-order valence-corrected chi connectivity index (χ4v) is 3.13. The molecular weight excluding hydrogens is 398 g/mol. The van der Waals surface area contributed by atoms with Crippen LogP contribution in [0.5, 0.6) is 5.75 Å². The molecule has 162 valence electrons. The van der Waals surface area contributed by atoms with Crippen LogP contribution < -0.4 is 20.9 Å². The second kappa shape index (κ2) is 10.2. The minimum absolute atomic E-state index is 0.0120. The predicted molar refractivity (Wildman–Crippen MR) is 115 cm³/mol. The highest BCUT2D eigenvalue weighted by Gasteiger charge is 2.15. The minimum Gasteiger partial charge on any atom is -0.493 e. The molecule has 0 aliphatic heterocycles. The van der Waals surface area contributed by atoms with Gasteiger partial charge >= 0.3 is 0 Å². The van der Waals surface area contributed by atoms with Crippen molar-refractivity contribution < 1.29 is 19.1 Å². The molecule has 0 unspecified atom stereocenters. The zero-order chi connectivity index (χ0) is 22.2. The number of ether oxygens (including phenoxy) is 1. The zero-order valence-electron chi connectivity index (χ0n) is 17.5. The van der Waals surface area contributed by atoms with E-state index in [0.717, 1.165) is 16.9 Å². The lowest BCUT2D eigenvalue weighted by Crippen LogP contribution is -2.47. The number of imidazole rings is 1. The number of para-hydroxylation sites is 3. The van der Waals surface area contributed by atoms with Crippen LogP contribution in [-0.2, 0) is 22.6 Å². The van der Waals surface area contributed by atoms with Gasteiger partial charge in [0, 0.05) is 6.42 Å². The first-order valence-electron chi connectivity index (χ1n) is 10.0. The van der Waals surface area contributed by atoms with Gasteiger partial charge in [-0.25, -0.2) is 4.98 Å². The van der Waals surface area contributed by atoms with Gasteiger partial charge in [0.2, 0.25) is 0 Å². The first-order chi connectivity index (χ1) is 15.0. The van der Waals surface area contributed by atoms with Gasteiger partial charge in [-0.3, -0.25) is 25.2 Å². The van der Waals surface area contributed by atoms with E-state index in [1.165, 1.54) is 0 Å². The van der Waals surface area contributed by atoms with Crippen molar-refractivity contribution in [2.45, 2.75) is 26.8 Å². The maximum atomic E-state index is 12.3. The largest absolute Gasteiger partial charge is 0.493 e. The Labute approximate surface area is 179 Å². The van der Waals surface area contributed by atoms with Crippen molar-refractivity contribution in [2.75, 3.05) is 13.2 Å². The van der Waals surface area contributed by atoms with E-state index < -0.39 is 17.7 Å². The lowest BCUT2D eigenvalue weighted by atomic mass is 10.2. The number of benzene rings is 2. The molecule has 0 fully saturated rings. The lowest BCUT2D eigenvalue weighted by Gasteiger charge is -2.12. The van der Waals surface area contributed by atoms with Crippen molar-refractivity contribution in [1.29, 1.82) is 0 Å². The van der Waals surface area contributed by atoms with Crippen LogP contribution >= 0.6 is 0 Å². The highest BCUT2D eigenvalue weighted by molar-refractivity contribution is 5.98. The average Bonchev–Trinajstić information content (AvgIpc) is 3.14. The zero-order valence-corrected chi connectivity index (χ0v) is 17.5. The first-order valence-corrected chi connectivity index (χ1v) is 10.0. The fourth-order valence-electron chi connectivity index (χ4n) is 3.13. The molecule has 0 aliphatic carbocycles. The molecule has 31 heavy (non-hydrogen) atoms. The summed E-state index contributed by atoms with van der Waals surface area (Å²) >= 11 is 0. The third-order valence-corrected chi connectivity index (χ3v) is 4.53. The van der Waals surface area contributed by atoms with Crippen LogP contribution in [0.15, 0.2) is 48.5 Å². The molecule has 1 heterocycles. The second-order valence-corrected chi connectivity index (χ2v) is 6.66. The van der Waals surface area contributed by atoms with Crippen LogP contribution in [0.3, 0.4) is 0 Å². The number of nitrogens with one attached hydrogen (secondary N) is 3. The molecule has 1 aromatic heterocycles. The van der Waals surface area contributed by atoms with Crippen molar-refractivity contribution in [3.63, 3.8) is 0 Å². The molecule has 3 N–H and O–H groups in total. The molecule has 0 atom stereocenters. The summed E-state index contributed by atoms with van der Waals surface area (Å²) < 4.78 is 7.23. The van der Waals surface area contributed by atoms with E-state index in [2.05, 4.69) is 21.2 Å². The fraction of sp³-hybridized carbons (Fsp3) is 0.273. The molecule has 2 aromatic carbocycles. The summed E-state index contributed by atoms with van der Waals surface area (Å²) in [6.45, 7) is 3.92. The number of nitrogens with zero attached hydrogens (tertiary/aromatic N) is 2. The Balaban J connectivity index is 1.51. The van der Waals surface area contributed by atoms with Gasteiger partial charge < -0.3 is 14.6 Å². The third kappa shape index (κ3) is 5.39. The smallest absolute Gasteiger partial charge is 0.258 e. The van der Waals surface area contributed by atoms with Crippen molar-refractivity contribution in [3.8, 4) is 5.75 Å². The van der Waals surface area contributed by atoms with Crippen molar-refractivity contribution in [3.05, 3.63) is 59.9 Å². The monoisotopic (exact) mass is 423 g/mol. The Morgan fingerprint density at radius 1 is 0.968 bits per heavy atom. The number of carbonyl (C=O) groups is 3. The first kappa shape index (κ1) is 21.8. The second-order valence-electron chi connectivity index (χ2n) is 6.66. The van der Waals surface area contributed by atoms with E-state index >= 15 is 0 Å². The molecule has 0 aliphatic rings. The number of aryl methyl sites for hydroxylation is 1. The average molecular weight is 423 g/mol. The van der Waals surface area contributed by atoms with Crippen molar-refractivity contribution in [2.24, 2.45) is 0 Å². The summed E-state index contributed by atoms with van der Waals surface area (Å²) in [6.07, 6.45) is 0.670. The van der Waals surface area contributed by atoms with E-state index in [0.29, 0.717) is 24.3 Å². The summed E-state index contributed by atoms with van der Waals surface area (Å²) in [4.78, 5) is 41.2.